The summed E-state index contributed by atoms with van der Waals surface area (Å²) in [6.45, 7) is 3.38. The molecule has 0 radical (unpaired) electrons. The highest BCUT2D eigenvalue weighted by Gasteiger charge is 2.13. The Bertz CT molecular complexity index is 718. The Kier molecular flexibility index (Phi) is 5.88. The summed E-state index contributed by atoms with van der Waals surface area (Å²) in [5, 5.41) is 3.23. The van der Waals surface area contributed by atoms with Gasteiger partial charge in [0.25, 0.3) is 0 Å². The third-order valence-corrected chi connectivity index (χ3v) is 3.35. The molecule has 1 N–H and O–H groups in total. The highest BCUT2D eigenvalue weighted by atomic mass is 32.2. The van der Waals surface area contributed by atoms with E-state index in [1.807, 2.05) is 6.26 Å². The van der Waals surface area contributed by atoms with Crippen molar-refractivity contribution in [2.45, 2.75) is 25.6 Å². The highest BCUT2D eigenvalue weighted by Crippen LogP contribution is 2.23. The van der Waals surface area contributed by atoms with Gasteiger partial charge in [0.05, 0.1) is 12.9 Å². The zero-order chi connectivity index (χ0) is 16.8. The Hall–Kier alpha value is -2.20. The molecular formula is C13H17N5O4S. The number of anilines is 1. The third kappa shape index (κ3) is 4.63. The molecule has 2 heterocycles. The van der Waals surface area contributed by atoms with E-state index in [0.29, 0.717) is 16.2 Å². The molecule has 0 aliphatic carbocycles. The number of esters is 1. The Morgan fingerprint density at radius 3 is 2.74 bits per heavy atom. The summed E-state index contributed by atoms with van der Waals surface area (Å²) in [5.74, 6) is -0.380. The van der Waals surface area contributed by atoms with Crippen molar-refractivity contribution < 1.29 is 19.1 Å². The van der Waals surface area contributed by atoms with Gasteiger partial charge in [-0.05, 0) is 6.26 Å². The summed E-state index contributed by atoms with van der Waals surface area (Å²) < 4.78 is 11.9. The van der Waals surface area contributed by atoms with Crippen molar-refractivity contribution in [3.8, 4) is 0 Å². The standard InChI is InChI=1S/C13H17N5O4S/c1-8(19)15-13-16-11-10(12(17-13)23-3)14-6-18(11)7-21-4-5-22-9(2)20/h6H,4-5,7H2,1-3H3,(H,15,16,17,19). The first-order valence-corrected chi connectivity index (χ1v) is 7.99. The number of carbonyl (C=O) groups is 2. The van der Waals surface area contributed by atoms with Crippen LogP contribution >= 0.6 is 11.8 Å². The van der Waals surface area contributed by atoms with Crippen molar-refractivity contribution in [2.75, 3.05) is 24.8 Å². The van der Waals surface area contributed by atoms with Crippen molar-refractivity contribution in [3.05, 3.63) is 6.33 Å². The highest BCUT2D eigenvalue weighted by molar-refractivity contribution is 7.98. The first-order valence-electron chi connectivity index (χ1n) is 6.77. The number of carbonyl (C=O) groups excluding carboxylic acids is 2. The molecule has 0 saturated heterocycles. The molecule has 1 amide bonds. The van der Waals surface area contributed by atoms with Gasteiger partial charge in [-0.15, -0.1) is 11.8 Å². The second kappa shape index (κ2) is 7.88. The average molecular weight is 339 g/mol. The number of fused-ring (bicyclic) bond motifs is 1. The molecule has 0 fully saturated rings. The van der Waals surface area contributed by atoms with Crippen LogP contribution in [0.15, 0.2) is 11.4 Å². The molecule has 2 aromatic rings. The van der Waals surface area contributed by atoms with E-state index in [-0.39, 0.29) is 37.8 Å². The van der Waals surface area contributed by atoms with Gasteiger partial charge < -0.3 is 9.47 Å². The van der Waals surface area contributed by atoms with Gasteiger partial charge in [0.1, 0.15) is 23.9 Å². The molecular weight excluding hydrogens is 322 g/mol. The SMILES string of the molecule is CSc1nc(NC(C)=O)nc2c1ncn2COCCOC(C)=O. The van der Waals surface area contributed by atoms with E-state index < -0.39 is 0 Å². The van der Waals surface area contributed by atoms with E-state index >= 15 is 0 Å². The maximum absolute atomic E-state index is 11.2. The summed E-state index contributed by atoms with van der Waals surface area (Å²) in [7, 11) is 0. The Balaban J connectivity index is 2.13. The first-order chi connectivity index (χ1) is 11.0. The minimum atomic E-state index is -0.348. The number of imidazole rings is 1. The van der Waals surface area contributed by atoms with E-state index in [2.05, 4.69) is 20.3 Å². The molecule has 124 valence electrons. The summed E-state index contributed by atoms with van der Waals surface area (Å²) in [5.41, 5.74) is 1.19. The zero-order valence-corrected chi connectivity index (χ0v) is 13.8. The number of thioether (sulfide) groups is 1. The molecule has 0 unspecified atom stereocenters. The largest absolute Gasteiger partial charge is 0.463 e. The summed E-state index contributed by atoms with van der Waals surface area (Å²) in [6.07, 6.45) is 3.45. The average Bonchev–Trinajstić information content (AvgIpc) is 2.88. The molecule has 0 aromatic carbocycles. The summed E-state index contributed by atoms with van der Waals surface area (Å²) in [4.78, 5) is 34.7. The first kappa shape index (κ1) is 17.2. The fraction of sp³-hybridized carbons (Fsp3) is 0.462. The minimum Gasteiger partial charge on any atom is -0.463 e. The number of hydrogen-bond acceptors (Lipinski definition) is 8. The maximum atomic E-state index is 11.2. The smallest absolute Gasteiger partial charge is 0.302 e. The van der Waals surface area contributed by atoms with Crippen LogP contribution in [0, 0.1) is 0 Å². The van der Waals surface area contributed by atoms with Crippen LogP contribution in [0.5, 0.6) is 0 Å². The molecule has 0 bridgehead atoms. The molecule has 0 aliphatic heterocycles. The van der Waals surface area contributed by atoms with E-state index in [1.165, 1.54) is 25.6 Å². The van der Waals surface area contributed by atoms with Crippen LogP contribution in [0.4, 0.5) is 5.95 Å². The number of nitrogens with one attached hydrogen (secondary N) is 1. The minimum absolute atomic E-state index is 0.185. The van der Waals surface area contributed by atoms with Crippen molar-refractivity contribution in [3.63, 3.8) is 0 Å². The van der Waals surface area contributed by atoms with Crippen LogP contribution in [0.1, 0.15) is 13.8 Å². The zero-order valence-electron chi connectivity index (χ0n) is 13.0. The second-order valence-corrected chi connectivity index (χ2v) is 5.30. The van der Waals surface area contributed by atoms with Gasteiger partial charge in [0, 0.05) is 13.8 Å². The number of aromatic nitrogens is 4. The lowest BCUT2D eigenvalue weighted by Crippen LogP contribution is -2.12. The number of rotatable bonds is 7. The Morgan fingerprint density at radius 2 is 2.09 bits per heavy atom. The number of hydrogen-bond donors (Lipinski definition) is 1. The van der Waals surface area contributed by atoms with Gasteiger partial charge in [0.2, 0.25) is 11.9 Å². The van der Waals surface area contributed by atoms with E-state index in [0.717, 1.165) is 0 Å². The van der Waals surface area contributed by atoms with Crippen LogP contribution in [-0.2, 0) is 25.8 Å². The number of ether oxygens (including phenoxy) is 2. The summed E-state index contributed by atoms with van der Waals surface area (Å²) in [6, 6.07) is 0. The molecule has 0 saturated carbocycles. The molecule has 23 heavy (non-hydrogen) atoms. The Labute approximate surface area is 136 Å². The molecule has 0 aliphatic rings. The predicted octanol–water partition coefficient (Wildman–Crippen LogP) is 1.04. The van der Waals surface area contributed by atoms with Gasteiger partial charge in [0.15, 0.2) is 5.65 Å². The van der Waals surface area contributed by atoms with E-state index in [9.17, 15) is 9.59 Å². The lowest BCUT2D eigenvalue weighted by molar-refractivity contribution is -0.142. The molecule has 0 atom stereocenters. The van der Waals surface area contributed by atoms with Crippen LogP contribution in [-0.4, -0.2) is 50.9 Å². The Morgan fingerprint density at radius 1 is 1.30 bits per heavy atom. The van der Waals surface area contributed by atoms with Crippen LogP contribution in [0.2, 0.25) is 0 Å². The fourth-order valence-corrected chi connectivity index (χ4v) is 2.29. The fourth-order valence-electron chi connectivity index (χ4n) is 1.78. The van der Waals surface area contributed by atoms with Gasteiger partial charge in [-0.25, -0.2) is 9.97 Å². The summed E-state index contributed by atoms with van der Waals surface area (Å²) >= 11 is 1.41. The lowest BCUT2D eigenvalue weighted by atomic mass is 10.5. The van der Waals surface area contributed by atoms with Gasteiger partial charge in [-0.1, -0.05) is 0 Å². The van der Waals surface area contributed by atoms with Crippen molar-refractivity contribution >= 4 is 40.8 Å². The number of amides is 1. The van der Waals surface area contributed by atoms with Crippen molar-refractivity contribution in [1.29, 1.82) is 0 Å². The molecule has 0 spiro atoms. The van der Waals surface area contributed by atoms with Crippen LogP contribution < -0.4 is 5.32 Å². The monoisotopic (exact) mass is 339 g/mol. The topological polar surface area (TPSA) is 108 Å². The van der Waals surface area contributed by atoms with Gasteiger partial charge >= 0.3 is 5.97 Å². The lowest BCUT2D eigenvalue weighted by Gasteiger charge is -2.08. The third-order valence-electron chi connectivity index (χ3n) is 2.68. The normalized spacial score (nSPS) is 10.7. The number of nitrogens with zero attached hydrogens (tertiary/aromatic N) is 4. The van der Waals surface area contributed by atoms with E-state index in [4.69, 9.17) is 9.47 Å². The second-order valence-electron chi connectivity index (χ2n) is 4.50. The van der Waals surface area contributed by atoms with Gasteiger partial charge in [-0.2, -0.15) is 4.98 Å². The van der Waals surface area contributed by atoms with Crippen LogP contribution in [0.3, 0.4) is 0 Å². The quantitative estimate of drug-likeness (QED) is 0.345. The van der Waals surface area contributed by atoms with Crippen molar-refractivity contribution in [1.82, 2.24) is 19.5 Å². The van der Waals surface area contributed by atoms with E-state index in [1.54, 1.807) is 10.9 Å². The molecule has 2 rings (SSSR count). The maximum Gasteiger partial charge on any atom is 0.302 e. The van der Waals surface area contributed by atoms with Gasteiger partial charge in [-0.3, -0.25) is 19.5 Å². The molecule has 2 aromatic heterocycles. The van der Waals surface area contributed by atoms with Crippen molar-refractivity contribution in [2.24, 2.45) is 0 Å². The predicted molar refractivity (Wildman–Crippen MR) is 84.0 cm³/mol. The van der Waals surface area contributed by atoms with Crippen LogP contribution in [0.25, 0.3) is 11.2 Å². The molecule has 10 heteroatoms. The molecule has 9 nitrogen and oxygen atoms in total.